The second-order valence-electron chi connectivity index (χ2n) is 11.7. The molecule has 5 atom stereocenters. The van der Waals surface area contributed by atoms with Crippen molar-refractivity contribution < 1.29 is 31.7 Å². The van der Waals surface area contributed by atoms with Gasteiger partial charge in [-0.2, -0.15) is 8.42 Å². The molecule has 0 bridgehead atoms. The predicted molar refractivity (Wildman–Crippen MR) is 163 cm³/mol. The summed E-state index contributed by atoms with van der Waals surface area (Å²) in [6.45, 7) is 12.5. The maximum atomic E-state index is 14.0. The molecule has 1 aromatic carbocycles. The van der Waals surface area contributed by atoms with Crippen LogP contribution in [0.1, 0.15) is 65.7 Å². The fourth-order valence-corrected chi connectivity index (χ4v) is 6.18. The molecule has 0 aromatic heterocycles. The summed E-state index contributed by atoms with van der Waals surface area (Å²) >= 11 is 3.28. The first-order valence-electron chi connectivity index (χ1n) is 14.3. The Kier molecular flexibility index (Phi) is 11.8. The zero-order valence-corrected chi connectivity index (χ0v) is 26.9. The molecule has 1 aromatic rings. The van der Waals surface area contributed by atoms with Crippen molar-refractivity contribution in [2.45, 2.75) is 100 Å². The number of likely N-dealkylation sites (tertiary alicyclic amines) is 1. The summed E-state index contributed by atoms with van der Waals surface area (Å²) in [6.07, 6.45) is 6.14. The molecule has 1 aliphatic carbocycles. The number of hydrogen-bond acceptors (Lipinski definition) is 7. The van der Waals surface area contributed by atoms with Crippen LogP contribution in [0.2, 0.25) is 0 Å². The Balaban J connectivity index is 1.81. The van der Waals surface area contributed by atoms with Gasteiger partial charge in [0.15, 0.2) is 0 Å². The second kappa shape index (κ2) is 14.7. The fraction of sp³-hybridized carbons (Fsp3) is 0.567. The van der Waals surface area contributed by atoms with Crippen LogP contribution in [0.25, 0.3) is 0 Å². The topological polar surface area (TPSA) is 131 Å². The van der Waals surface area contributed by atoms with Crippen LogP contribution in [0, 0.1) is 5.92 Å². The number of halogens is 1. The molecule has 3 amide bonds. The largest absolute Gasteiger partial charge is 0.444 e. The van der Waals surface area contributed by atoms with E-state index in [-0.39, 0.29) is 29.8 Å². The van der Waals surface area contributed by atoms with Crippen LogP contribution < -0.4 is 10.6 Å². The Morgan fingerprint density at radius 1 is 1.12 bits per heavy atom. The van der Waals surface area contributed by atoms with E-state index >= 15 is 0 Å². The zero-order chi connectivity index (χ0) is 31.1. The summed E-state index contributed by atoms with van der Waals surface area (Å²) in [5.41, 5.74) is -0.774. The number of amides is 3. The van der Waals surface area contributed by atoms with Crippen molar-refractivity contribution in [1.82, 2.24) is 15.5 Å². The van der Waals surface area contributed by atoms with Crippen molar-refractivity contribution in [2.75, 3.05) is 6.54 Å². The van der Waals surface area contributed by atoms with Gasteiger partial charge >= 0.3 is 6.09 Å². The number of unbranched alkanes of at least 4 members (excludes halogenated alkanes) is 3. The highest BCUT2D eigenvalue weighted by atomic mass is 79.9. The van der Waals surface area contributed by atoms with Gasteiger partial charge in [0.2, 0.25) is 11.8 Å². The fourth-order valence-electron chi connectivity index (χ4n) is 4.84. The van der Waals surface area contributed by atoms with E-state index in [9.17, 15) is 22.8 Å². The molecule has 0 spiro atoms. The molecule has 5 unspecified atom stereocenters. The Morgan fingerprint density at radius 3 is 2.40 bits per heavy atom. The molecule has 1 aliphatic heterocycles. The minimum Gasteiger partial charge on any atom is -0.444 e. The number of alkyl carbamates (subject to hydrolysis) is 1. The Bertz CT molecular complexity index is 1250. The number of nitrogens with one attached hydrogen (secondary N) is 2. The van der Waals surface area contributed by atoms with E-state index in [1.807, 2.05) is 6.08 Å². The van der Waals surface area contributed by atoms with Crippen molar-refractivity contribution in [3.63, 3.8) is 0 Å². The molecular formula is C30H42BrN3O7S. The third kappa shape index (κ3) is 9.95. The van der Waals surface area contributed by atoms with Gasteiger partial charge in [0, 0.05) is 23.5 Å². The number of benzene rings is 1. The summed E-state index contributed by atoms with van der Waals surface area (Å²) in [5.74, 6) is -0.735. The monoisotopic (exact) mass is 667 g/mol. The van der Waals surface area contributed by atoms with Crippen molar-refractivity contribution in [3.8, 4) is 0 Å². The highest BCUT2D eigenvalue weighted by Crippen LogP contribution is 2.32. The number of carbonyl (C=O) groups is 3. The average Bonchev–Trinajstić information content (AvgIpc) is 3.52. The normalized spacial score (nSPS) is 22.6. The van der Waals surface area contributed by atoms with Gasteiger partial charge in [-0.3, -0.25) is 13.8 Å². The number of allylic oxidation sites excluding steroid dienone is 1. The molecule has 1 saturated heterocycles. The standard InChI is InChI=1S/C30H42BrN3O7S/c1-6-8-9-10-11-12-24(33-29(37)40-30(3,4)5)28(36)34-19-22(18-26(34)27(35)32-25-17-20(25)7-2)41-42(38,39)23-15-13-21(31)14-16-23/h6-7,13-16,20,22,24-26H,1-2,8-12,17-19H2,3-5H3,(H,32,35)(H,33,37). The zero-order valence-electron chi connectivity index (χ0n) is 24.5. The smallest absolute Gasteiger partial charge is 0.408 e. The van der Waals surface area contributed by atoms with Gasteiger partial charge in [0.1, 0.15) is 17.7 Å². The second-order valence-corrected chi connectivity index (χ2v) is 14.2. The number of hydrogen-bond donors (Lipinski definition) is 2. The number of ether oxygens (including phenoxy) is 1. The molecule has 1 heterocycles. The molecule has 232 valence electrons. The van der Waals surface area contributed by atoms with E-state index in [4.69, 9.17) is 8.92 Å². The molecule has 10 nitrogen and oxygen atoms in total. The summed E-state index contributed by atoms with van der Waals surface area (Å²) in [7, 11) is -4.17. The molecule has 2 fully saturated rings. The molecule has 0 radical (unpaired) electrons. The first kappa shape index (κ1) is 33.8. The number of rotatable bonds is 14. The van der Waals surface area contributed by atoms with Gasteiger partial charge < -0.3 is 20.3 Å². The highest BCUT2D eigenvalue weighted by Gasteiger charge is 2.46. The third-order valence-electron chi connectivity index (χ3n) is 7.07. The lowest BCUT2D eigenvalue weighted by Gasteiger charge is -2.29. The average molecular weight is 669 g/mol. The molecule has 2 N–H and O–H groups in total. The van der Waals surface area contributed by atoms with Gasteiger partial charge in [-0.1, -0.05) is 40.9 Å². The van der Waals surface area contributed by atoms with E-state index in [1.165, 1.54) is 17.0 Å². The van der Waals surface area contributed by atoms with Gasteiger partial charge in [-0.15, -0.1) is 13.2 Å². The summed E-state index contributed by atoms with van der Waals surface area (Å²) in [4.78, 5) is 41.3. The van der Waals surface area contributed by atoms with Crippen molar-refractivity contribution in [1.29, 1.82) is 0 Å². The van der Waals surface area contributed by atoms with Crippen LogP contribution in [0.5, 0.6) is 0 Å². The number of nitrogens with zero attached hydrogens (tertiary/aromatic N) is 1. The summed E-state index contributed by atoms with van der Waals surface area (Å²) < 4.78 is 37.7. The highest BCUT2D eigenvalue weighted by molar-refractivity contribution is 9.10. The van der Waals surface area contributed by atoms with Crippen LogP contribution in [-0.2, 0) is 28.6 Å². The summed E-state index contributed by atoms with van der Waals surface area (Å²) in [6, 6.07) is 3.97. The first-order valence-corrected chi connectivity index (χ1v) is 16.5. The number of carbonyl (C=O) groups excluding carboxylic acids is 3. The first-order chi connectivity index (χ1) is 19.7. The Hall–Kier alpha value is -2.70. The predicted octanol–water partition coefficient (Wildman–Crippen LogP) is 4.84. The van der Waals surface area contributed by atoms with Crippen LogP contribution >= 0.6 is 15.9 Å². The lowest BCUT2D eigenvalue weighted by molar-refractivity contribution is -0.140. The summed E-state index contributed by atoms with van der Waals surface area (Å²) in [5, 5.41) is 5.63. The van der Waals surface area contributed by atoms with Crippen molar-refractivity contribution in [2.24, 2.45) is 5.92 Å². The van der Waals surface area contributed by atoms with E-state index in [1.54, 1.807) is 39.0 Å². The Morgan fingerprint density at radius 2 is 1.81 bits per heavy atom. The van der Waals surface area contributed by atoms with Gasteiger partial charge in [-0.25, -0.2) is 4.79 Å². The Labute approximate surface area is 257 Å². The van der Waals surface area contributed by atoms with Gasteiger partial charge in [0.25, 0.3) is 10.1 Å². The molecule has 12 heteroatoms. The molecule has 1 saturated carbocycles. The van der Waals surface area contributed by atoms with E-state index < -0.39 is 51.8 Å². The lowest BCUT2D eigenvalue weighted by atomic mass is 10.1. The minimum absolute atomic E-state index is 0.0166. The minimum atomic E-state index is -4.17. The van der Waals surface area contributed by atoms with Crippen LogP contribution in [0.4, 0.5) is 4.79 Å². The van der Waals surface area contributed by atoms with Crippen LogP contribution in [0.3, 0.4) is 0 Å². The van der Waals surface area contributed by atoms with Crippen LogP contribution in [-0.4, -0.2) is 67.6 Å². The molecule has 42 heavy (non-hydrogen) atoms. The SMILES string of the molecule is C=CCCCCCC(NC(=O)OC(C)(C)C)C(=O)N1CC(OS(=O)(=O)c2ccc(Br)cc2)CC1C(=O)NC1CC1C=C. The maximum absolute atomic E-state index is 14.0. The van der Waals surface area contributed by atoms with Crippen molar-refractivity contribution in [3.05, 3.63) is 54.0 Å². The molecular weight excluding hydrogens is 626 g/mol. The van der Waals surface area contributed by atoms with Crippen molar-refractivity contribution >= 4 is 44.0 Å². The van der Waals surface area contributed by atoms with Gasteiger partial charge in [0.05, 0.1) is 11.0 Å². The maximum Gasteiger partial charge on any atom is 0.408 e. The quantitative estimate of drug-likeness (QED) is 0.165. The van der Waals surface area contributed by atoms with E-state index in [0.717, 1.165) is 25.7 Å². The molecule has 2 aliphatic rings. The van der Waals surface area contributed by atoms with Gasteiger partial charge in [-0.05, 0) is 76.6 Å². The third-order valence-corrected chi connectivity index (χ3v) is 8.98. The molecule has 3 rings (SSSR count). The lowest BCUT2D eigenvalue weighted by Crippen LogP contribution is -2.54. The van der Waals surface area contributed by atoms with Crippen LogP contribution in [0.15, 0.2) is 58.9 Å². The van der Waals surface area contributed by atoms with E-state index in [0.29, 0.717) is 17.3 Å². The van der Waals surface area contributed by atoms with E-state index in [2.05, 4.69) is 39.7 Å².